The molecule has 2 aliphatic heterocycles. The monoisotopic (exact) mass is 459 g/mol. The van der Waals surface area contributed by atoms with Crippen molar-refractivity contribution in [3.63, 3.8) is 0 Å². The summed E-state index contributed by atoms with van der Waals surface area (Å²) in [5.74, 6) is 2.20. The third-order valence-electron chi connectivity index (χ3n) is 5.15. The molecule has 2 heterocycles. The van der Waals surface area contributed by atoms with E-state index in [1.54, 1.807) is 25.3 Å². The maximum absolute atomic E-state index is 12.6. The molecule has 2 aliphatic rings. The van der Waals surface area contributed by atoms with Gasteiger partial charge in [0.25, 0.3) is 0 Å². The van der Waals surface area contributed by atoms with Gasteiger partial charge in [0.15, 0.2) is 11.5 Å². The van der Waals surface area contributed by atoms with Gasteiger partial charge in [0.1, 0.15) is 5.75 Å². The van der Waals surface area contributed by atoms with Crippen LogP contribution in [0.3, 0.4) is 0 Å². The van der Waals surface area contributed by atoms with Crippen LogP contribution in [0.15, 0.2) is 76.7 Å². The van der Waals surface area contributed by atoms with Gasteiger partial charge in [-0.25, -0.2) is 4.99 Å². The Bertz CT molecular complexity index is 1250. The molecule has 33 heavy (non-hydrogen) atoms. The molecule has 1 N–H and O–H groups in total. The first-order valence-corrected chi connectivity index (χ1v) is 11.4. The summed E-state index contributed by atoms with van der Waals surface area (Å²) in [5.41, 5.74) is 4.15. The Morgan fingerprint density at radius 2 is 1.76 bits per heavy atom. The van der Waals surface area contributed by atoms with E-state index in [1.807, 2.05) is 48.5 Å². The lowest BCUT2D eigenvalue weighted by Crippen LogP contribution is -2.16. The minimum Gasteiger partial charge on any atom is -0.497 e. The van der Waals surface area contributed by atoms with Crippen molar-refractivity contribution in [2.24, 2.45) is 9.98 Å². The van der Waals surface area contributed by atoms with Crippen molar-refractivity contribution in [2.45, 2.75) is 6.42 Å². The highest BCUT2D eigenvalue weighted by Gasteiger charge is 2.18. The van der Waals surface area contributed by atoms with E-state index in [1.165, 1.54) is 11.8 Å². The van der Waals surface area contributed by atoms with E-state index in [4.69, 9.17) is 24.2 Å². The molecule has 0 atom stereocenters. The van der Waals surface area contributed by atoms with Crippen LogP contribution >= 0.6 is 11.8 Å². The number of hydrogen-bond acceptors (Lipinski definition) is 7. The second-order valence-corrected chi connectivity index (χ2v) is 8.41. The normalized spacial score (nSPS) is 14.0. The Morgan fingerprint density at radius 3 is 2.55 bits per heavy atom. The second kappa shape index (κ2) is 9.38. The molecule has 0 unspecified atom stereocenters. The summed E-state index contributed by atoms with van der Waals surface area (Å²) in [6.07, 6.45) is 0.531. The van der Waals surface area contributed by atoms with Crippen LogP contribution in [0.5, 0.6) is 17.2 Å². The molecule has 0 radical (unpaired) electrons. The molecule has 166 valence electrons. The van der Waals surface area contributed by atoms with Gasteiger partial charge in [-0.2, -0.15) is 0 Å². The number of methoxy groups -OCH3 is 1. The number of nitrogens with one attached hydrogen (secondary N) is 1. The van der Waals surface area contributed by atoms with Gasteiger partial charge in [0.2, 0.25) is 12.7 Å². The van der Waals surface area contributed by atoms with Crippen LogP contribution < -0.4 is 19.5 Å². The second-order valence-electron chi connectivity index (χ2n) is 7.36. The molecule has 1 amide bonds. The van der Waals surface area contributed by atoms with Crippen molar-refractivity contribution in [3.05, 3.63) is 72.3 Å². The first kappa shape index (κ1) is 21.1. The summed E-state index contributed by atoms with van der Waals surface area (Å²) in [6, 6.07) is 20.9. The minimum atomic E-state index is -0.123. The molecule has 0 aromatic heterocycles. The van der Waals surface area contributed by atoms with Gasteiger partial charge < -0.3 is 19.5 Å². The van der Waals surface area contributed by atoms with Crippen LogP contribution in [0.25, 0.3) is 0 Å². The fraction of sp³-hybridized carbons (Fsp3) is 0.160. The van der Waals surface area contributed by atoms with Crippen LogP contribution in [0.2, 0.25) is 0 Å². The van der Waals surface area contributed by atoms with Crippen LogP contribution in [0, 0.1) is 0 Å². The zero-order chi connectivity index (χ0) is 22.6. The Labute approximate surface area is 195 Å². The van der Waals surface area contributed by atoms with Crippen molar-refractivity contribution in [3.8, 4) is 17.2 Å². The van der Waals surface area contributed by atoms with Crippen molar-refractivity contribution < 1.29 is 19.0 Å². The molecule has 0 bridgehead atoms. The highest BCUT2D eigenvalue weighted by atomic mass is 32.2. The summed E-state index contributed by atoms with van der Waals surface area (Å²) < 4.78 is 16.0. The largest absolute Gasteiger partial charge is 0.497 e. The van der Waals surface area contributed by atoms with E-state index in [9.17, 15) is 4.79 Å². The number of benzene rings is 3. The minimum absolute atomic E-state index is 0.123. The van der Waals surface area contributed by atoms with Gasteiger partial charge in [-0.05, 0) is 54.1 Å². The quantitative estimate of drug-likeness (QED) is 0.556. The number of para-hydroxylation sites is 2. The number of anilines is 1. The number of carbonyl (C=O) groups is 1. The summed E-state index contributed by atoms with van der Waals surface area (Å²) >= 11 is 1.41. The van der Waals surface area contributed by atoms with E-state index in [0.29, 0.717) is 23.6 Å². The Kier molecular flexibility index (Phi) is 5.99. The first-order chi connectivity index (χ1) is 16.2. The number of fused-ring (bicyclic) bond motifs is 2. The third-order valence-corrected chi connectivity index (χ3v) is 6.13. The summed E-state index contributed by atoms with van der Waals surface area (Å²) in [4.78, 5) is 22.3. The standard InChI is InChI=1S/C25H21N3O4S/c1-30-18-9-6-16(7-10-18)21-13-25(28-20-5-3-2-4-19(20)27-21)33-14-24(29)26-17-8-11-22-23(12-17)32-15-31-22/h2-12H,13-15H2,1H3,(H,26,29). The van der Waals surface area contributed by atoms with E-state index >= 15 is 0 Å². The van der Waals surface area contributed by atoms with Crippen molar-refractivity contribution in [1.29, 1.82) is 0 Å². The molecule has 7 nitrogen and oxygen atoms in total. The van der Waals surface area contributed by atoms with Gasteiger partial charge >= 0.3 is 0 Å². The predicted molar refractivity (Wildman–Crippen MR) is 131 cm³/mol. The average Bonchev–Trinajstić information content (AvgIpc) is 3.22. The molecule has 0 fully saturated rings. The number of nitrogens with zero attached hydrogens (tertiary/aromatic N) is 2. The fourth-order valence-electron chi connectivity index (χ4n) is 3.51. The zero-order valence-corrected chi connectivity index (χ0v) is 18.7. The molecule has 8 heteroatoms. The van der Waals surface area contributed by atoms with Gasteiger partial charge in [0.05, 0.1) is 35.0 Å². The molecule has 5 rings (SSSR count). The van der Waals surface area contributed by atoms with Gasteiger partial charge in [-0.1, -0.05) is 12.1 Å². The van der Waals surface area contributed by atoms with Gasteiger partial charge in [0, 0.05) is 18.2 Å². The average molecular weight is 460 g/mol. The van der Waals surface area contributed by atoms with Gasteiger partial charge in [-0.3, -0.25) is 9.79 Å². The van der Waals surface area contributed by atoms with Crippen LogP contribution in [0.4, 0.5) is 17.1 Å². The van der Waals surface area contributed by atoms with E-state index in [2.05, 4.69) is 5.32 Å². The molecule has 3 aromatic rings. The van der Waals surface area contributed by atoms with Crippen molar-refractivity contribution >= 4 is 45.5 Å². The fourth-order valence-corrected chi connectivity index (χ4v) is 4.28. The van der Waals surface area contributed by atoms with E-state index in [0.717, 1.165) is 33.4 Å². The number of hydrogen-bond donors (Lipinski definition) is 1. The lowest BCUT2D eigenvalue weighted by atomic mass is 10.1. The van der Waals surface area contributed by atoms with E-state index < -0.39 is 0 Å². The molecule has 0 saturated carbocycles. The highest BCUT2D eigenvalue weighted by molar-refractivity contribution is 8.14. The molecular weight excluding hydrogens is 438 g/mol. The lowest BCUT2D eigenvalue weighted by Gasteiger charge is -2.09. The topological polar surface area (TPSA) is 81.5 Å². The maximum atomic E-state index is 12.6. The highest BCUT2D eigenvalue weighted by Crippen LogP contribution is 2.35. The number of thioether (sulfide) groups is 1. The van der Waals surface area contributed by atoms with Crippen LogP contribution in [0.1, 0.15) is 12.0 Å². The van der Waals surface area contributed by atoms with Crippen LogP contribution in [-0.2, 0) is 4.79 Å². The SMILES string of the molecule is COc1ccc(C2=Nc3ccccc3N=C(SCC(=O)Nc3ccc4c(c3)OCO4)C2)cc1. The Hall–Kier alpha value is -3.78. The predicted octanol–water partition coefficient (Wildman–Crippen LogP) is 5.35. The molecule has 0 aliphatic carbocycles. The smallest absolute Gasteiger partial charge is 0.234 e. The van der Waals surface area contributed by atoms with E-state index in [-0.39, 0.29) is 18.5 Å². The number of amides is 1. The molecule has 3 aromatic carbocycles. The lowest BCUT2D eigenvalue weighted by molar-refractivity contribution is -0.113. The van der Waals surface area contributed by atoms with Crippen molar-refractivity contribution in [1.82, 2.24) is 0 Å². The maximum Gasteiger partial charge on any atom is 0.234 e. The molecule has 0 saturated heterocycles. The third kappa shape index (κ3) is 4.85. The Morgan fingerprint density at radius 1 is 1.00 bits per heavy atom. The number of carbonyl (C=O) groups excluding carboxylic acids is 1. The Balaban J connectivity index is 1.31. The summed E-state index contributed by atoms with van der Waals surface area (Å²) in [7, 11) is 1.64. The molecule has 0 spiro atoms. The summed E-state index contributed by atoms with van der Waals surface area (Å²) in [6.45, 7) is 0.196. The zero-order valence-electron chi connectivity index (χ0n) is 17.9. The van der Waals surface area contributed by atoms with Crippen molar-refractivity contribution in [2.75, 3.05) is 25.0 Å². The number of aliphatic imine (C=N–C) groups is 2. The van der Waals surface area contributed by atoms with Gasteiger partial charge in [-0.15, -0.1) is 11.8 Å². The van der Waals surface area contributed by atoms with Crippen LogP contribution in [-0.4, -0.2) is 36.3 Å². The molecular formula is C25H21N3O4S. The number of ether oxygens (including phenoxy) is 3. The first-order valence-electron chi connectivity index (χ1n) is 10.4. The number of rotatable bonds is 5. The summed E-state index contributed by atoms with van der Waals surface area (Å²) in [5, 5.41) is 3.74.